The van der Waals surface area contributed by atoms with Crippen LogP contribution in [0.25, 0.3) is 22.0 Å². The van der Waals surface area contributed by atoms with Gasteiger partial charge in [-0.25, -0.2) is 0 Å². The fourth-order valence-corrected chi connectivity index (χ4v) is 3.24. The second-order valence-electron chi connectivity index (χ2n) is 6.58. The molecule has 0 saturated carbocycles. The third-order valence-electron chi connectivity index (χ3n) is 4.45. The number of fused-ring (bicyclic) bond motifs is 1. The zero-order valence-corrected chi connectivity index (χ0v) is 15.9. The van der Waals surface area contributed by atoms with E-state index in [1.54, 1.807) is 24.4 Å². The van der Waals surface area contributed by atoms with Crippen LogP contribution >= 0.6 is 0 Å². The van der Waals surface area contributed by atoms with E-state index in [9.17, 15) is 28.2 Å². The number of amides is 1. The van der Waals surface area contributed by atoms with Gasteiger partial charge >= 0.3 is 6.36 Å². The van der Waals surface area contributed by atoms with Crippen molar-refractivity contribution in [1.82, 2.24) is 10.3 Å². The fourth-order valence-electron chi connectivity index (χ4n) is 3.24. The first kappa shape index (κ1) is 21.5. The maximum Gasteiger partial charge on any atom is 0.573 e. The second kappa shape index (κ2) is 8.68. The molecular weight excluding hydrogens is 401 g/mol. The Morgan fingerprint density at radius 3 is 2.53 bits per heavy atom. The minimum absolute atomic E-state index is 0.0921. The molecule has 3 aromatic rings. The van der Waals surface area contributed by atoms with Crippen LogP contribution < -0.4 is 10.1 Å². The number of ether oxygens (including phenoxy) is 1. The molecule has 1 heterocycles. The minimum atomic E-state index is -4.79. The molecule has 0 aliphatic carbocycles. The number of nitrogens with zero attached hydrogens (tertiary/aromatic N) is 1. The highest BCUT2D eigenvalue weighted by atomic mass is 19.4. The number of halogens is 3. The average Bonchev–Trinajstić information content (AvgIpc) is 2.70. The first-order valence-electron chi connectivity index (χ1n) is 8.99. The molecule has 1 amide bonds. The van der Waals surface area contributed by atoms with E-state index in [1.807, 2.05) is 0 Å². The van der Waals surface area contributed by atoms with Gasteiger partial charge in [-0.1, -0.05) is 18.2 Å². The molecule has 0 saturated heterocycles. The van der Waals surface area contributed by atoms with Crippen LogP contribution in [0.1, 0.15) is 24.2 Å². The standard InChI is InChI=1S/C21H19F3N2O4/c1-12(28)26-10-14-9-17(13-4-6-15(7-5-13)30-21(22,23)24)20-16(3-2-8-25-20)19(14)18(29)11-27/h2-9,18,27,29H,10-11H2,1H3,(H,26,28)/t18-/m1/s1. The van der Waals surface area contributed by atoms with Gasteiger partial charge in [0.15, 0.2) is 0 Å². The van der Waals surface area contributed by atoms with E-state index in [0.29, 0.717) is 33.2 Å². The minimum Gasteiger partial charge on any atom is -0.406 e. The van der Waals surface area contributed by atoms with Gasteiger partial charge in [0.1, 0.15) is 11.9 Å². The van der Waals surface area contributed by atoms with Crippen molar-refractivity contribution >= 4 is 16.8 Å². The highest BCUT2D eigenvalue weighted by Crippen LogP contribution is 2.36. The summed E-state index contributed by atoms with van der Waals surface area (Å²) in [7, 11) is 0. The number of benzene rings is 2. The molecule has 0 aliphatic rings. The molecule has 3 N–H and O–H groups in total. The maximum absolute atomic E-state index is 12.4. The van der Waals surface area contributed by atoms with Crippen LogP contribution in [0.5, 0.6) is 5.75 Å². The van der Waals surface area contributed by atoms with Crippen LogP contribution in [0.15, 0.2) is 48.7 Å². The molecular formula is C21H19F3N2O4. The number of hydrogen-bond donors (Lipinski definition) is 3. The molecule has 0 bridgehead atoms. The van der Waals surface area contributed by atoms with Crippen LogP contribution in [0.2, 0.25) is 0 Å². The molecule has 0 radical (unpaired) electrons. The zero-order valence-electron chi connectivity index (χ0n) is 15.9. The summed E-state index contributed by atoms with van der Waals surface area (Å²) >= 11 is 0. The Kier molecular flexibility index (Phi) is 6.23. The smallest absolute Gasteiger partial charge is 0.406 e. The van der Waals surface area contributed by atoms with Crippen LogP contribution in [0, 0.1) is 0 Å². The molecule has 9 heteroatoms. The summed E-state index contributed by atoms with van der Waals surface area (Å²) in [4.78, 5) is 15.8. The number of aliphatic hydroxyl groups is 2. The van der Waals surface area contributed by atoms with Gasteiger partial charge in [-0.2, -0.15) is 0 Å². The van der Waals surface area contributed by atoms with E-state index in [0.717, 1.165) is 0 Å². The first-order chi connectivity index (χ1) is 14.2. The first-order valence-corrected chi connectivity index (χ1v) is 8.99. The zero-order chi connectivity index (χ0) is 21.9. The lowest BCUT2D eigenvalue weighted by Crippen LogP contribution is -2.21. The summed E-state index contributed by atoms with van der Waals surface area (Å²) in [6.07, 6.45) is -4.43. The number of pyridine rings is 1. The molecule has 2 aromatic carbocycles. The van der Waals surface area contributed by atoms with E-state index in [-0.39, 0.29) is 18.2 Å². The van der Waals surface area contributed by atoms with Gasteiger partial charge in [-0.15, -0.1) is 13.2 Å². The molecule has 0 spiro atoms. The average molecular weight is 420 g/mol. The number of hydrogen-bond acceptors (Lipinski definition) is 5. The van der Waals surface area contributed by atoms with Crippen LogP contribution in [-0.4, -0.2) is 34.1 Å². The van der Waals surface area contributed by atoms with E-state index < -0.39 is 19.1 Å². The second-order valence-corrected chi connectivity index (χ2v) is 6.58. The third-order valence-corrected chi connectivity index (χ3v) is 4.45. The Labute approximate surface area is 169 Å². The van der Waals surface area contributed by atoms with Crippen molar-refractivity contribution in [1.29, 1.82) is 0 Å². The molecule has 0 fully saturated rings. The van der Waals surface area contributed by atoms with Crippen molar-refractivity contribution in [2.24, 2.45) is 0 Å². The molecule has 30 heavy (non-hydrogen) atoms. The number of aromatic nitrogens is 1. The van der Waals surface area contributed by atoms with Gasteiger partial charge in [0.25, 0.3) is 0 Å². The van der Waals surface area contributed by atoms with Gasteiger partial charge in [-0.05, 0) is 41.0 Å². The van der Waals surface area contributed by atoms with Crippen LogP contribution in [0.3, 0.4) is 0 Å². The van der Waals surface area contributed by atoms with Crippen molar-refractivity contribution in [3.05, 3.63) is 59.8 Å². The molecule has 0 unspecified atom stereocenters. The predicted molar refractivity (Wildman–Crippen MR) is 103 cm³/mol. The number of carbonyl (C=O) groups excluding carboxylic acids is 1. The lowest BCUT2D eigenvalue weighted by molar-refractivity contribution is -0.274. The number of rotatable bonds is 6. The third kappa shape index (κ3) is 4.87. The van der Waals surface area contributed by atoms with E-state index in [4.69, 9.17) is 0 Å². The van der Waals surface area contributed by atoms with Crippen molar-refractivity contribution < 1.29 is 32.9 Å². The molecule has 3 rings (SSSR count). The van der Waals surface area contributed by atoms with E-state index in [1.165, 1.54) is 31.2 Å². The van der Waals surface area contributed by atoms with Gasteiger partial charge in [0.05, 0.1) is 12.1 Å². The summed E-state index contributed by atoms with van der Waals surface area (Å²) in [5.74, 6) is -0.629. The van der Waals surface area contributed by atoms with Gasteiger partial charge in [0.2, 0.25) is 5.91 Å². The van der Waals surface area contributed by atoms with Crippen molar-refractivity contribution in [3.8, 4) is 16.9 Å². The van der Waals surface area contributed by atoms with E-state index >= 15 is 0 Å². The quantitative estimate of drug-likeness (QED) is 0.568. The number of alkyl halides is 3. The summed E-state index contributed by atoms with van der Waals surface area (Å²) in [6, 6.07) is 10.4. The van der Waals surface area contributed by atoms with Crippen molar-refractivity contribution in [2.45, 2.75) is 25.9 Å². The Balaban J connectivity index is 2.15. The normalized spacial score (nSPS) is 12.6. The highest BCUT2D eigenvalue weighted by Gasteiger charge is 2.31. The van der Waals surface area contributed by atoms with Gasteiger partial charge in [-0.3, -0.25) is 9.78 Å². The number of aliphatic hydroxyl groups excluding tert-OH is 2. The lowest BCUT2D eigenvalue weighted by Gasteiger charge is -2.19. The Morgan fingerprint density at radius 2 is 1.93 bits per heavy atom. The number of nitrogens with one attached hydrogen (secondary N) is 1. The highest BCUT2D eigenvalue weighted by molar-refractivity contribution is 5.97. The molecule has 0 aliphatic heterocycles. The largest absolute Gasteiger partial charge is 0.573 e. The van der Waals surface area contributed by atoms with Crippen molar-refractivity contribution in [2.75, 3.05) is 6.61 Å². The maximum atomic E-state index is 12.4. The van der Waals surface area contributed by atoms with Gasteiger partial charge in [0, 0.05) is 30.6 Å². The van der Waals surface area contributed by atoms with Gasteiger partial charge < -0.3 is 20.3 Å². The van der Waals surface area contributed by atoms with Crippen LogP contribution in [-0.2, 0) is 11.3 Å². The number of carbonyl (C=O) groups is 1. The molecule has 1 atom stereocenters. The summed E-state index contributed by atoms with van der Waals surface area (Å²) in [5, 5.41) is 23.1. The summed E-state index contributed by atoms with van der Waals surface area (Å²) in [5.41, 5.74) is 2.64. The monoisotopic (exact) mass is 420 g/mol. The van der Waals surface area contributed by atoms with E-state index in [2.05, 4.69) is 15.0 Å². The molecule has 1 aromatic heterocycles. The molecule has 158 valence electrons. The Bertz CT molecular complexity index is 1050. The summed E-state index contributed by atoms with van der Waals surface area (Å²) < 4.78 is 41.2. The lowest BCUT2D eigenvalue weighted by atomic mass is 9.91. The van der Waals surface area contributed by atoms with Crippen LogP contribution in [0.4, 0.5) is 13.2 Å². The Morgan fingerprint density at radius 1 is 1.23 bits per heavy atom. The molecule has 6 nitrogen and oxygen atoms in total. The summed E-state index contributed by atoms with van der Waals surface area (Å²) in [6.45, 7) is 0.916. The van der Waals surface area contributed by atoms with Crippen molar-refractivity contribution in [3.63, 3.8) is 0 Å². The fraction of sp³-hybridized carbons (Fsp3) is 0.238. The Hall–Kier alpha value is -3.17. The predicted octanol–water partition coefficient (Wildman–Crippen LogP) is 3.46. The topological polar surface area (TPSA) is 91.7 Å². The SMILES string of the molecule is CC(=O)NCc1cc(-c2ccc(OC(F)(F)F)cc2)c2ncccc2c1[C@H](O)CO.